The van der Waals surface area contributed by atoms with Gasteiger partial charge in [0, 0.05) is 25.1 Å². The maximum Gasteiger partial charge on any atom is 0.410 e. The summed E-state index contributed by atoms with van der Waals surface area (Å²) in [6, 6.07) is 0. The minimum absolute atomic E-state index is 0.161. The lowest BCUT2D eigenvalue weighted by molar-refractivity contribution is -0.170. The van der Waals surface area contributed by atoms with Crippen molar-refractivity contribution >= 4 is 6.09 Å². The summed E-state index contributed by atoms with van der Waals surface area (Å²) in [5, 5.41) is 20.8. The van der Waals surface area contributed by atoms with Crippen molar-refractivity contribution in [2.45, 2.75) is 51.2 Å². The topological polar surface area (TPSA) is 79.2 Å². The molecule has 6 nitrogen and oxygen atoms in total. The largest absolute Gasteiger partial charge is 0.444 e. The maximum absolute atomic E-state index is 12.2. The fourth-order valence-electron chi connectivity index (χ4n) is 3.21. The molecule has 2 rings (SSSR count). The highest BCUT2D eigenvalue weighted by molar-refractivity contribution is 5.68. The molecule has 0 aromatic carbocycles. The molecular formula is C15H27NO5. The Balaban J connectivity index is 2.08. The minimum Gasteiger partial charge on any atom is -0.444 e. The first-order chi connectivity index (χ1) is 9.71. The highest BCUT2D eigenvalue weighted by atomic mass is 16.6. The molecule has 21 heavy (non-hydrogen) atoms. The molecule has 2 fully saturated rings. The molecule has 0 radical (unpaired) electrons. The zero-order chi connectivity index (χ0) is 15.7. The Bertz CT molecular complexity index is 386. The van der Waals surface area contributed by atoms with E-state index in [9.17, 15) is 15.0 Å². The second-order valence-electron chi connectivity index (χ2n) is 7.28. The average Bonchev–Trinajstić information content (AvgIpc) is 2.84. The molecule has 2 aliphatic heterocycles. The van der Waals surface area contributed by atoms with Crippen molar-refractivity contribution in [3.8, 4) is 0 Å². The summed E-state index contributed by atoms with van der Waals surface area (Å²) >= 11 is 0. The molecule has 2 heterocycles. The van der Waals surface area contributed by atoms with Gasteiger partial charge in [-0.25, -0.2) is 4.79 Å². The van der Waals surface area contributed by atoms with E-state index < -0.39 is 22.7 Å². The molecule has 0 saturated carbocycles. The van der Waals surface area contributed by atoms with E-state index in [1.165, 1.54) is 0 Å². The molecule has 6 heteroatoms. The number of ether oxygens (including phenoxy) is 2. The summed E-state index contributed by atoms with van der Waals surface area (Å²) in [5.74, 6) is 0. The number of aliphatic hydroxyl groups is 2. The van der Waals surface area contributed by atoms with E-state index in [1.54, 1.807) is 4.90 Å². The second kappa shape index (κ2) is 5.74. The molecule has 2 unspecified atom stereocenters. The van der Waals surface area contributed by atoms with E-state index in [0.717, 1.165) is 6.42 Å². The van der Waals surface area contributed by atoms with Gasteiger partial charge in [-0.05, 0) is 40.0 Å². The van der Waals surface area contributed by atoms with E-state index in [1.807, 2.05) is 20.8 Å². The first-order valence-electron chi connectivity index (χ1n) is 7.60. The van der Waals surface area contributed by atoms with Crippen LogP contribution in [0.3, 0.4) is 0 Å². The summed E-state index contributed by atoms with van der Waals surface area (Å²) in [6.45, 7) is 6.95. The first kappa shape index (κ1) is 16.5. The Labute approximate surface area is 126 Å². The first-order valence-corrected chi connectivity index (χ1v) is 7.60. The van der Waals surface area contributed by atoms with Crippen LogP contribution in [0.4, 0.5) is 4.79 Å². The van der Waals surface area contributed by atoms with Gasteiger partial charge in [0.05, 0.1) is 18.8 Å². The number of likely N-dealkylation sites (tertiary alicyclic amines) is 1. The van der Waals surface area contributed by atoms with Gasteiger partial charge in [0.2, 0.25) is 0 Å². The molecule has 2 atom stereocenters. The number of hydrogen-bond acceptors (Lipinski definition) is 5. The van der Waals surface area contributed by atoms with Crippen LogP contribution in [-0.4, -0.2) is 65.3 Å². The molecule has 122 valence electrons. The van der Waals surface area contributed by atoms with Crippen LogP contribution in [0.1, 0.15) is 40.0 Å². The Kier molecular flexibility index (Phi) is 4.52. The van der Waals surface area contributed by atoms with E-state index in [4.69, 9.17) is 9.47 Å². The predicted molar refractivity (Wildman–Crippen MR) is 76.9 cm³/mol. The summed E-state index contributed by atoms with van der Waals surface area (Å²) in [4.78, 5) is 13.7. The molecular weight excluding hydrogens is 274 g/mol. The third-order valence-electron chi connectivity index (χ3n) is 4.52. The van der Waals surface area contributed by atoms with Crippen LogP contribution < -0.4 is 0 Å². The average molecular weight is 301 g/mol. The van der Waals surface area contributed by atoms with Crippen molar-refractivity contribution in [2.75, 3.05) is 32.9 Å². The van der Waals surface area contributed by atoms with Crippen molar-refractivity contribution in [3.63, 3.8) is 0 Å². The van der Waals surface area contributed by atoms with Gasteiger partial charge in [-0.2, -0.15) is 0 Å². The molecule has 0 aliphatic carbocycles. The second-order valence-corrected chi connectivity index (χ2v) is 7.28. The van der Waals surface area contributed by atoms with Gasteiger partial charge in [-0.15, -0.1) is 0 Å². The van der Waals surface area contributed by atoms with Crippen molar-refractivity contribution in [2.24, 2.45) is 5.41 Å². The molecule has 0 aromatic heterocycles. The minimum atomic E-state index is -1.07. The van der Waals surface area contributed by atoms with Gasteiger partial charge < -0.3 is 24.6 Å². The number of rotatable bonds is 2. The molecule has 2 N–H and O–H groups in total. The van der Waals surface area contributed by atoms with E-state index in [0.29, 0.717) is 32.5 Å². The van der Waals surface area contributed by atoms with Crippen molar-refractivity contribution in [1.82, 2.24) is 4.90 Å². The zero-order valence-electron chi connectivity index (χ0n) is 13.2. The molecule has 0 spiro atoms. The van der Waals surface area contributed by atoms with Crippen LogP contribution in [0.5, 0.6) is 0 Å². The highest BCUT2D eigenvalue weighted by Gasteiger charge is 2.55. The monoisotopic (exact) mass is 301 g/mol. The Morgan fingerprint density at radius 3 is 2.62 bits per heavy atom. The number of carbonyl (C=O) groups excluding carboxylic acids is 1. The van der Waals surface area contributed by atoms with Crippen molar-refractivity contribution < 1.29 is 24.5 Å². The van der Waals surface area contributed by atoms with Gasteiger partial charge >= 0.3 is 6.09 Å². The lowest BCUT2D eigenvalue weighted by atomic mass is 9.69. The summed E-state index contributed by atoms with van der Waals surface area (Å²) < 4.78 is 10.8. The number of hydrogen-bond donors (Lipinski definition) is 2. The van der Waals surface area contributed by atoms with Gasteiger partial charge in [0.1, 0.15) is 5.60 Å². The van der Waals surface area contributed by atoms with E-state index >= 15 is 0 Å². The van der Waals surface area contributed by atoms with Crippen LogP contribution in [0.15, 0.2) is 0 Å². The normalized spacial score (nSPS) is 34.0. The number of carbonyl (C=O) groups is 1. The molecule has 1 amide bonds. The van der Waals surface area contributed by atoms with E-state index in [2.05, 4.69) is 0 Å². The number of amides is 1. The Hall–Kier alpha value is -0.850. The summed E-state index contributed by atoms with van der Waals surface area (Å²) in [5.41, 5.74) is -2.34. The lowest BCUT2D eigenvalue weighted by Gasteiger charge is -2.45. The fourth-order valence-corrected chi connectivity index (χ4v) is 3.21. The van der Waals surface area contributed by atoms with Gasteiger partial charge in [-0.1, -0.05) is 0 Å². The van der Waals surface area contributed by atoms with Gasteiger partial charge in [0.15, 0.2) is 0 Å². The molecule has 2 aliphatic rings. The standard InChI is InChI=1S/C15H27NO5/c1-13(2,3)21-12(18)16-7-6-14(9-16,10-17)15(19)5-4-8-20-11-15/h17,19H,4-11H2,1-3H3. The van der Waals surface area contributed by atoms with Crippen LogP contribution in [0, 0.1) is 5.41 Å². The van der Waals surface area contributed by atoms with Crippen LogP contribution in [-0.2, 0) is 9.47 Å². The number of nitrogens with zero attached hydrogens (tertiary/aromatic N) is 1. The quantitative estimate of drug-likeness (QED) is 0.800. The third kappa shape index (κ3) is 3.33. The van der Waals surface area contributed by atoms with Crippen molar-refractivity contribution in [1.29, 1.82) is 0 Å². The van der Waals surface area contributed by atoms with Crippen molar-refractivity contribution in [3.05, 3.63) is 0 Å². The van der Waals surface area contributed by atoms with Gasteiger partial charge in [0.25, 0.3) is 0 Å². The van der Waals surface area contributed by atoms with E-state index in [-0.39, 0.29) is 13.2 Å². The molecule has 0 aromatic rings. The fraction of sp³-hybridized carbons (Fsp3) is 0.933. The highest BCUT2D eigenvalue weighted by Crippen LogP contribution is 2.44. The van der Waals surface area contributed by atoms with Crippen LogP contribution in [0.2, 0.25) is 0 Å². The smallest absolute Gasteiger partial charge is 0.410 e. The maximum atomic E-state index is 12.2. The Morgan fingerprint density at radius 2 is 2.10 bits per heavy atom. The SMILES string of the molecule is CC(C)(C)OC(=O)N1CCC(CO)(C2(O)CCCOC2)C1. The molecule has 2 saturated heterocycles. The summed E-state index contributed by atoms with van der Waals surface area (Å²) in [7, 11) is 0. The number of aliphatic hydroxyl groups excluding tert-OH is 1. The third-order valence-corrected chi connectivity index (χ3v) is 4.52. The van der Waals surface area contributed by atoms with Crippen LogP contribution in [0.25, 0.3) is 0 Å². The predicted octanol–water partition coefficient (Wildman–Crippen LogP) is 1.15. The summed E-state index contributed by atoms with van der Waals surface area (Å²) in [6.07, 6.45) is 1.53. The molecule has 0 bridgehead atoms. The zero-order valence-corrected chi connectivity index (χ0v) is 13.2. The van der Waals surface area contributed by atoms with Crippen LogP contribution >= 0.6 is 0 Å². The lowest BCUT2D eigenvalue weighted by Crippen LogP contribution is -2.57. The Morgan fingerprint density at radius 1 is 1.38 bits per heavy atom. The van der Waals surface area contributed by atoms with Gasteiger partial charge in [-0.3, -0.25) is 0 Å².